The van der Waals surface area contributed by atoms with Crippen molar-refractivity contribution in [1.29, 1.82) is 0 Å². The Morgan fingerprint density at radius 3 is 2.86 bits per heavy atom. The van der Waals surface area contributed by atoms with Gasteiger partial charge in [-0.05, 0) is 60.3 Å². The first-order valence-corrected chi connectivity index (χ1v) is 8.74. The molecule has 1 aromatic rings. The number of aliphatic imine (C=N–C) groups is 1. The van der Waals surface area contributed by atoms with Crippen LogP contribution in [-0.2, 0) is 23.9 Å². The highest BCUT2D eigenvalue weighted by molar-refractivity contribution is 7.79. The Balaban J connectivity index is 1.95. The highest BCUT2D eigenvalue weighted by atomic mass is 32.2. The minimum atomic E-state index is -1.94. The van der Waals surface area contributed by atoms with Crippen LogP contribution in [0.1, 0.15) is 42.0 Å². The summed E-state index contributed by atoms with van der Waals surface area (Å²) < 4.78 is 21.8. The monoisotopic (exact) mass is 301 g/mol. The molecule has 1 fully saturated rings. The standard InChI is InChI=1S/C17H19NO2S/c1-10-4-12-6-14-9-18-8-13(11-2-3-11)7-16(14)17(21(19)20)15(12)5-10/h6-7,9-11H,2-5,8H2,1H3,(H,19,20)/t10-/m1/s1. The molecule has 4 heteroatoms. The Morgan fingerprint density at radius 1 is 1.33 bits per heavy atom. The van der Waals surface area contributed by atoms with E-state index >= 15 is 0 Å². The fourth-order valence-electron chi connectivity index (χ4n) is 3.63. The van der Waals surface area contributed by atoms with Crippen molar-refractivity contribution in [3.63, 3.8) is 0 Å². The van der Waals surface area contributed by atoms with Gasteiger partial charge in [-0.25, -0.2) is 4.21 Å². The maximum Gasteiger partial charge on any atom is 0.187 e. The van der Waals surface area contributed by atoms with E-state index in [4.69, 9.17) is 0 Å². The van der Waals surface area contributed by atoms with E-state index in [9.17, 15) is 8.76 Å². The molecule has 0 saturated heterocycles. The average molecular weight is 301 g/mol. The van der Waals surface area contributed by atoms with Crippen molar-refractivity contribution < 1.29 is 8.76 Å². The van der Waals surface area contributed by atoms with Crippen molar-refractivity contribution >= 4 is 23.4 Å². The molecule has 0 spiro atoms. The molecular formula is C17H19NO2S. The molecule has 1 N–H and O–H groups in total. The molecule has 21 heavy (non-hydrogen) atoms. The second-order valence-electron chi connectivity index (χ2n) is 6.57. The van der Waals surface area contributed by atoms with Gasteiger partial charge in [-0.15, -0.1) is 0 Å². The minimum Gasteiger partial charge on any atom is -0.302 e. The Kier molecular flexibility index (Phi) is 3.12. The molecule has 1 unspecified atom stereocenters. The van der Waals surface area contributed by atoms with Crippen LogP contribution in [0.4, 0.5) is 0 Å². The second-order valence-corrected chi connectivity index (χ2v) is 7.48. The highest BCUT2D eigenvalue weighted by Crippen LogP contribution is 2.41. The molecule has 2 aliphatic carbocycles. The summed E-state index contributed by atoms with van der Waals surface area (Å²) in [5.74, 6) is 1.19. The molecule has 0 aromatic heterocycles. The third-order valence-electron chi connectivity index (χ3n) is 4.78. The summed E-state index contributed by atoms with van der Waals surface area (Å²) in [6.45, 7) is 2.94. The molecule has 0 amide bonds. The highest BCUT2D eigenvalue weighted by Gasteiger charge is 2.30. The maximum absolute atomic E-state index is 12.0. The predicted octanol–water partition coefficient (Wildman–Crippen LogP) is 3.23. The van der Waals surface area contributed by atoms with Crippen molar-refractivity contribution in [3.05, 3.63) is 33.9 Å². The summed E-state index contributed by atoms with van der Waals surface area (Å²) in [7, 11) is 0. The third kappa shape index (κ3) is 2.30. The zero-order chi connectivity index (χ0) is 14.6. The van der Waals surface area contributed by atoms with Gasteiger partial charge < -0.3 is 4.55 Å². The Morgan fingerprint density at radius 2 is 2.14 bits per heavy atom. The lowest BCUT2D eigenvalue weighted by atomic mass is 9.98. The van der Waals surface area contributed by atoms with Gasteiger partial charge in [0.05, 0.1) is 11.4 Å². The van der Waals surface area contributed by atoms with Crippen LogP contribution in [0.5, 0.6) is 0 Å². The third-order valence-corrected chi connectivity index (χ3v) is 5.59. The van der Waals surface area contributed by atoms with E-state index in [0.717, 1.165) is 36.1 Å². The summed E-state index contributed by atoms with van der Waals surface area (Å²) in [4.78, 5) is 5.16. The molecule has 0 radical (unpaired) electrons. The molecule has 0 bridgehead atoms. The first-order chi connectivity index (χ1) is 10.1. The largest absolute Gasteiger partial charge is 0.302 e. The van der Waals surface area contributed by atoms with E-state index in [2.05, 4.69) is 24.1 Å². The molecular weight excluding hydrogens is 282 g/mol. The van der Waals surface area contributed by atoms with Crippen LogP contribution in [-0.4, -0.2) is 21.5 Å². The van der Waals surface area contributed by atoms with Crippen molar-refractivity contribution in [2.75, 3.05) is 6.54 Å². The van der Waals surface area contributed by atoms with Gasteiger partial charge in [-0.2, -0.15) is 0 Å². The average Bonchev–Trinajstić information content (AvgIpc) is 3.20. The lowest BCUT2D eigenvalue weighted by Crippen LogP contribution is -2.04. The van der Waals surface area contributed by atoms with E-state index < -0.39 is 11.1 Å². The minimum absolute atomic E-state index is 0.553. The van der Waals surface area contributed by atoms with Crippen LogP contribution >= 0.6 is 0 Å². The van der Waals surface area contributed by atoms with Crippen molar-refractivity contribution in [3.8, 4) is 0 Å². The second kappa shape index (κ2) is 4.89. The van der Waals surface area contributed by atoms with E-state index in [1.165, 1.54) is 24.0 Å². The number of benzene rings is 1. The molecule has 4 rings (SSSR count). The Labute approximate surface area is 127 Å². The number of nitrogens with zero attached hydrogens (tertiary/aromatic N) is 1. The molecule has 1 aliphatic heterocycles. The first-order valence-electron chi connectivity index (χ1n) is 7.63. The van der Waals surface area contributed by atoms with Crippen molar-refractivity contribution in [2.45, 2.75) is 37.5 Å². The van der Waals surface area contributed by atoms with Crippen LogP contribution in [0.25, 0.3) is 6.08 Å². The van der Waals surface area contributed by atoms with Gasteiger partial charge in [0.25, 0.3) is 0 Å². The normalized spacial score (nSPS) is 25.0. The molecule has 110 valence electrons. The van der Waals surface area contributed by atoms with Gasteiger partial charge in [0.2, 0.25) is 0 Å². The van der Waals surface area contributed by atoms with E-state index in [1.807, 2.05) is 6.21 Å². The van der Waals surface area contributed by atoms with Gasteiger partial charge in [-0.3, -0.25) is 4.99 Å². The van der Waals surface area contributed by atoms with Gasteiger partial charge in [-0.1, -0.05) is 13.0 Å². The van der Waals surface area contributed by atoms with E-state index in [-0.39, 0.29) is 0 Å². The molecule has 1 saturated carbocycles. The van der Waals surface area contributed by atoms with Gasteiger partial charge >= 0.3 is 0 Å². The van der Waals surface area contributed by atoms with E-state index in [0.29, 0.717) is 16.7 Å². The fraction of sp³-hybridized carbons (Fsp3) is 0.471. The van der Waals surface area contributed by atoms with Crippen molar-refractivity contribution in [2.24, 2.45) is 16.8 Å². The SMILES string of the molecule is C[C@@H]1Cc2cc3c(c(S(=O)O)c2C1)C=C(C1CC1)CN=C3. The lowest BCUT2D eigenvalue weighted by molar-refractivity contribution is 0.562. The first kappa shape index (κ1) is 13.4. The van der Waals surface area contributed by atoms with Crippen LogP contribution in [0.2, 0.25) is 0 Å². The topological polar surface area (TPSA) is 49.7 Å². The van der Waals surface area contributed by atoms with E-state index in [1.54, 1.807) is 0 Å². The number of rotatable bonds is 2. The molecule has 1 heterocycles. The fourth-order valence-corrected chi connectivity index (χ4v) is 4.42. The van der Waals surface area contributed by atoms with Gasteiger partial charge in [0, 0.05) is 17.3 Å². The zero-order valence-corrected chi connectivity index (χ0v) is 12.9. The van der Waals surface area contributed by atoms with Crippen LogP contribution < -0.4 is 0 Å². The summed E-state index contributed by atoms with van der Waals surface area (Å²) in [6, 6.07) is 2.18. The number of hydrogen-bond donors (Lipinski definition) is 1. The summed E-state index contributed by atoms with van der Waals surface area (Å²) in [6.07, 6.45) is 8.41. The molecule has 3 nitrogen and oxygen atoms in total. The lowest BCUT2D eigenvalue weighted by Gasteiger charge is -2.12. The Bertz CT molecular complexity index is 701. The number of hydrogen-bond acceptors (Lipinski definition) is 2. The van der Waals surface area contributed by atoms with Crippen LogP contribution in [0, 0.1) is 11.8 Å². The summed E-state index contributed by atoms with van der Waals surface area (Å²) in [5.41, 5.74) is 5.60. The van der Waals surface area contributed by atoms with Crippen LogP contribution in [0.3, 0.4) is 0 Å². The molecule has 1 aromatic carbocycles. The smallest absolute Gasteiger partial charge is 0.187 e. The van der Waals surface area contributed by atoms with Gasteiger partial charge in [0.15, 0.2) is 11.1 Å². The molecule has 3 aliphatic rings. The quantitative estimate of drug-likeness (QED) is 0.853. The zero-order valence-electron chi connectivity index (χ0n) is 12.1. The van der Waals surface area contributed by atoms with Crippen molar-refractivity contribution in [1.82, 2.24) is 0 Å². The summed E-state index contributed by atoms with van der Waals surface area (Å²) >= 11 is -1.94. The maximum atomic E-state index is 12.0. The predicted molar refractivity (Wildman–Crippen MR) is 85.2 cm³/mol. The summed E-state index contributed by atoms with van der Waals surface area (Å²) in [5, 5.41) is 0. The molecule has 2 atom stereocenters. The Hall–Kier alpha value is -1.26. The number of fused-ring (bicyclic) bond motifs is 2. The van der Waals surface area contributed by atoms with Gasteiger partial charge in [0.1, 0.15) is 0 Å². The van der Waals surface area contributed by atoms with Crippen LogP contribution in [0.15, 0.2) is 21.5 Å².